The van der Waals surface area contributed by atoms with E-state index < -0.39 is 5.97 Å². The first-order valence-electron chi connectivity index (χ1n) is 5.72. The van der Waals surface area contributed by atoms with Gasteiger partial charge in [0, 0.05) is 11.0 Å². The maximum atomic E-state index is 10.8. The smallest absolute Gasteiger partial charge is 0.317 e. The lowest BCUT2D eigenvalue weighted by Gasteiger charge is -2.20. The lowest BCUT2D eigenvalue weighted by molar-refractivity contribution is -0.138. The molecule has 0 spiro atoms. The van der Waals surface area contributed by atoms with E-state index in [9.17, 15) is 4.79 Å². The van der Waals surface area contributed by atoms with Crippen molar-refractivity contribution in [3.8, 4) is 0 Å². The van der Waals surface area contributed by atoms with Crippen molar-refractivity contribution in [2.45, 2.75) is 26.8 Å². The molecule has 1 rings (SSSR count). The molecule has 0 fully saturated rings. The van der Waals surface area contributed by atoms with Crippen LogP contribution in [-0.4, -0.2) is 29.1 Å². The van der Waals surface area contributed by atoms with Crippen molar-refractivity contribution in [1.82, 2.24) is 4.90 Å². The molecule has 0 aliphatic heterocycles. The van der Waals surface area contributed by atoms with Crippen LogP contribution in [0.2, 0.25) is 0 Å². The summed E-state index contributed by atoms with van der Waals surface area (Å²) in [5, 5.41) is 8.85. The summed E-state index contributed by atoms with van der Waals surface area (Å²) in [6.45, 7) is 5.71. The van der Waals surface area contributed by atoms with Gasteiger partial charge in [-0.2, -0.15) is 0 Å². The van der Waals surface area contributed by atoms with Gasteiger partial charge in [0.25, 0.3) is 0 Å². The Morgan fingerprint density at radius 1 is 1.47 bits per heavy atom. The van der Waals surface area contributed by atoms with Crippen LogP contribution in [0.1, 0.15) is 24.5 Å². The molecular formula is C13H18BrNO2. The summed E-state index contributed by atoms with van der Waals surface area (Å²) in [7, 11) is 0. The minimum atomic E-state index is -0.770. The first kappa shape index (κ1) is 14.2. The van der Waals surface area contributed by atoms with Crippen LogP contribution in [0.15, 0.2) is 22.7 Å². The Bertz CT molecular complexity index is 393. The van der Waals surface area contributed by atoms with E-state index in [0.29, 0.717) is 6.54 Å². The highest BCUT2D eigenvalue weighted by atomic mass is 79.9. The molecule has 0 saturated carbocycles. The monoisotopic (exact) mass is 299 g/mol. The molecule has 0 radical (unpaired) electrons. The molecule has 0 heterocycles. The van der Waals surface area contributed by atoms with E-state index in [0.717, 1.165) is 17.4 Å². The first-order chi connectivity index (χ1) is 8.02. The summed E-state index contributed by atoms with van der Waals surface area (Å²) >= 11 is 3.43. The zero-order valence-electron chi connectivity index (χ0n) is 10.2. The van der Waals surface area contributed by atoms with E-state index in [-0.39, 0.29) is 6.54 Å². The Labute approximate surface area is 111 Å². The Balaban J connectivity index is 2.74. The van der Waals surface area contributed by atoms with Crippen LogP contribution < -0.4 is 0 Å². The number of aryl methyl sites for hydroxylation is 1. The van der Waals surface area contributed by atoms with E-state index in [1.54, 1.807) is 0 Å². The largest absolute Gasteiger partial charge is 0.480 e. The fourth-order valence-corrected chi connectivity index (χ4v) is 2.27. The summed E-state index contributed by atoms with van der Waals surface area (Å²) in [6, 6.07) is 6.09. The molecule has 0 atom stereocenters. The second-order valence-corrected chi connectivity index (χ2v) is 5.09. The molecule has 0 bridgehead atoms. The van der Waals surface area contributed by atoms with Crippen molar-refractivity contribution in [3.05, 3.63) is 33.8 Å². The fourth-order valence-electron chi connectivity index (χ4n) is 1.80. The molecule has 17 heavy (non-hydrogen) atoms. The van der Waals surface area contributed by atoms with Crippen molar-refractivity contribution < 1.29 is 9.90 Å². The normalized spacial score (nSPS) is 10.8. The first-order valence-corrected chi connectivity index (χ1v) is 6.51. The van der Waals surface area contributed by atoms with Crippen LogP contribution in [-0.2, 0) is 11.3 Å². The number of carbonyl (C=O) groups is 1. The minimum absolute atomic E-state index is 0.101. The van der Waals surface area contributed by atoms with Gasteiger partial charge in [0.15, 0.2) is 0 Å². The quantitative estimate of drug-likeness (QED) is 0.878. The van der Waals surface area contributed by atoms with Gasteiger partial charge >= 0.3 is 5.97 Å². The van der Waals surface area contributed by atoms with Crippen LogP contribution in [0.5, 0.6) is 0 Å². The number of hydrogen-bond donors (Lipinski definition) is 1. The third-order valence-electron chi connectivity index (χ3n) is 2.60. The molecule has 0 aliphatic carbocycles. The summed E-state index contributed by atoms with van der Waals surface area (Å²) in [4.78, 5) is 12.7. The predicted octanol–water partition coefficient (Wildman–Crippen LogP) is 3.05. The summed E-state index contributed by atoms with van der Waals surface area (Å²) in [6.07, 6.45) is 0.961. The number of rotatable bonds is 6. The Hall–Kier alpha value is -0.870. The van der Waals surface area contributed by atoms with Crippen molar-refractivity contribution in [2.75, 3.05) is 13.1 Å². The molecule has 3 nitrogen and oxygen atoms in total. The molecule has 94 valence electrons. The molecule has 0 unspecified atom stereocenters. The Morgan fingerprint density at radius 2 is 2.18 bits per heavy atom. The molecular weight excluding hydrogens is 282 g/mol. The highest BCUT2D eigenvalue weighted by Crippen LogP contribution is 2.17. The molecule has 0 amide bonds. The molecule has 0 aromatic heterocycles. The molecule has 4 heteroatoms. The van der Waals surface area contributed by atoms with Gasteiger partial charge in [0.2, 0.25) is 0 Å². The van der Waals surface area contributed by atoms with Crippen molar-refractivity contribution in [3.63, 3.8) is 0 Å². The van der Waals surface area contributed by atoms with E-state index in [2.05, 4.69) is 28.9 Å². The van der Waals surface area contributed by atoms with Gasteiger partial charge in [-0.15, -0.1) is 0 Å². The summed E-state index contributed by atoms with van der Waals surface area (Å²) in [5.74, 6) is -0.770. The third-order valence-corrected chi connectivity index (χ3v) is 3.09. The van der Waals surface area contributed by atoms with E-state index in [1.165, 1.54) is 11.1 Å². The molecule has 1 aromatic carbocycles. The van der Waals surface area contributed by atoms with Crippen molar-refractivity contribution >= 4 is 21.9 Å². The maximum Gasteiger partial charge on any atom is 0.317 e. The number of hydrogen-bond acceptors (Lipinski definition) is 2. The van der Waals surface area contributed by atoms with Gasteiger partial charge < -0.3 is 5.11 Å². The Morgan fingerprint density at radius 3 is 2.71 bits per heavy atom. The van der Waals surface area contributed by atoms with Gasteiger partial charge in [-0.25, -0.2) is 0 Å². The highest BCUT2D eigenvalue weighted by molar-refractivity contribution is 9.10. The molecule has 0 saturated heterocycles. The van der Waals surface area contributed by atoms with E-state index in [1.807, 2.05) is 24.0 Å². The summed E-state index contributed by atoms with van der Waals surface area (Å²) in [5.41, 5.74) is 2.37. The van der Waals surface area contributed by atoms with Crippen molar-refractivity contribution in [1.29, 1.82) is 0 Å². The predicted molar refractivity (Wildman–Crippen MR) is 72.1 cm³/mol. The zero-order valence-corrected chi connectivity index (χ0v) is 11.8. The van der Waals surface area contributed by atoms with Gasteiger partial charge in [0.05, 0.1) is 6.54 Å². The average Bonchev–Trinajstić information content (AvgIpc) is 2.21. The lowest BCUT2D eigenvalue weighted by Crippen LogP contribution is -2.30. The second kappa shape index (κ2) is 6.77. The highest BCUT2D eigenvalue weighted by Gasteiger charge is 2.10. The topological polar surface area (TPSA) is 40.5 Å². The number of benzene rings is 1. The standard InChI is InChI=1S/C13H18BrNO2/c1-3-6-15(9-13(16)17)8-11-4-5-12(14)7-10(11)2/h4-5,7H,3,6,8-9H2,1-2H3,(H,16,17). The molecule has 1 N–H and O–H groups in total. The van der Waals surface area contributed by atoms with Gasteiger partial charge in [-0.3, -0.25) is 9.69 Å². The van der Waals surface area contributed by atoms with Crippen LogP contribution >= 0.6 is 15.9 Å². The Kier molecular flexibility index (Phi) is 5.65. The molecule has 0 aliphatic rings. The minimum Gasteiger partial charge on any atom is -0.480 e. The van der Waals surface area contributed by atoms with Crippen LogP contribution in [0, 0.1) is 6.92 Å². The van der Waals surface area contributed by atoms with E-state index in [4.69, 9.17) is 5.11 Å². The summed E-state index contributed by atoms with van der Waals surface area (Å²) < 4.78 is 1.05. The van der Waals surface area contributed by atoms with Crippen LogP contribution in [0.3, 0.4) is 0 Å². The second-order valence-electron chi connectivity index (χ2n) is 4.18. The van der Waals surface area contributed by atoms with Crippen LogP contribution in [0.4, 0.5) is 0 Å². The number of aliphatic carboxylic acids is 1. The number of carboxylic acids is 1. The average molecular weight is 300 g/mol. The number of nitrogens with zero attached hydrogens (tertiary/aromatic N) is 1. The number of halogens is 1. The fraction of sp³-hybridized carbons (Fsp3) is 0.462. The van der Waals surface area contributed by atoms with Gasteiger partial charge in [0.1, 0.15) is 0 Å². The van der Waals surface area contributed by atoms with Crippen LogP contribution in [0.25, 0.3) is 0 Å². The maximum absolute atomic E-state index is 10.8. The van der Waals surface area contributed by atoms with E-state index >= 15 is 0 Å². The van der Waals surface area contributed by atoms with Crippen molar-refractivity contribution in [2.24, 2.45) is 0 Å². The van der Waals surface area contributed by atoms with Gasteiger partial charge in [-0.05, 0) is 43.1 Å². The van der Waals surface area contributed by atoms with Gasteiger partial charge in [-0.1, -0.05) is 28.9 Å². The zero-order chi connectivity index (χ0) is 12.8. The SMILES string of the molecule is CCCN(CC(=O)O)Cc1ccc(Br)cc1C. The number of carboxylic acid groups (broad SMARTS) is 1. The lowest BCUT2D eigenvalue weighted by atomic mass is 10.1. The third kappa shape index (κ3) is 4.88. The molecule has 1 aromatic rings.